The van der Waals surface area contributed by atoms with Gasteiger partial charge < -0.3 is 10.1 Å². The van der Waals surface area contributed by atoms with Gasteiger partial charge in [-0.15, -0.1) is 11.3 Å². The molecule has 1 N–H and O–H groups in total. The number of rotatable bonds is 8. The number of hydrogen-bond donors (Lipinski definition) is 1. The van der Waals surface area contributed by atoms with Crippen molar-refractivity contribution in [2.24, 2.45) is 0 Å². The Kier molecular flexibility index (Phi) is 7.64. The minimum Gasteiger partial charge on any atom is -0.461 e. The first-order valence-electron chi connectivity index (χ1n) is 11.9. The number of ether oxygens (including phenoxy) is 1. The Hall–Kier alpha value is -3.78. The zero-order chi connectivity index (χ0) is 25.8. The molecule has 36 heavy (non-hydrogen) atoms. The van der Waals surface area contributed by atoms with Gasteiger partial charge in [-0.05, 0) is 61.6 Å². The molecule has 0 aliphatic carbocycles. The fraction of sp³-hybridized carbons (Fsp3) is 0.286. The van der Waals surface area contributed by atoms with Gasteiger partial charge in [0.15, 0.2) is 0 Å². The van der Waals surface area contributed by atoms with E-state index in [1.165, 1.54) is 10.9 Å². The van der Waals surface area contributed by atoms with Crippen LogP contribution in [-0.2, 0) is 16.0 Å². The van der Waals surface area contributed by atoms with Gasteiger partial charge in [-0.2, -0.15) is 0 Å². The van der Waals surface area contributed by atoms with E-state index in [0.717, 1.165) is 28.0 Å². The third-order valence-corrected chi connectivity index (χ3v) is 7.22. The lowest BCUT2D eigenvalue weighted by molar-refractivity contribution is -0.119. The topological polar surface area (TPSA) is 90.3 Å². The summed E-state index contributed by atoms with van der Waals surface area (Å²) in [6.45, 7) is 7.73. The molecule has 0 aliphatic rings. The summed E-state index contributed by atoms with van der Waals surface area (Å²) in [5, 5.41) is 3.27. The molecule has 8 heteroatoms. The predicted octanol–water partition coefficient (Wildman–Crippen LogP) is 5.37. The summed E-state index contributed by atoms with van der Waals surface area (Å²) in [4.78, 5) is 44.6. The molecule has 0 aliphatic heterocycles. The maximum absolute atomic E-state index is 13.4. The minimum absolute atomic E-state index is 0.241. The van der Waals surface area contributed by atoms with Crippen LogP contribution in [0.15, 0.2) is 59.7 Å². The van der Waals surface area contributed by atoms with Crippen molar-refractivity contribution in [2.45, 2.75) is 46.6 Å². The van der Waals surface area contributed by atoms with Crippen molar-refractivity contribution in [1.29, 1.82) is 0 Å². The summed E-state index contributed by atoms with van der Waals surface area (Å²) in [7, 11) is 0. The van der Waals surface area contributed by atoms with Crippen molar-refractivity contribution in [3.05, 3.63) is 92.3 Å². The highest BCUT2D eigenvalue weighted by atomic mass is 32.1. The Bertz CT molecular complexity index is 1450. The standard InChI is InChI=1S/C28H29N3O4S/c1-5-22(25(32)30-21-14-17(2)13-18(3)15-21)31-16-29-26-23(27(31)33)19(4)24(36-26)28(34)35-12-11-20-9-7-6-8-10-20/h6-10,13-16,22H,5,11-12H2,1-4H3,(H,30,32). The van der Waals surface area contributed by atoms with Crippen LogP contribution in [0.2, 0.25) is 0 Å². The van der Waals surface area contributed by atoms with Crippen LogP contribution in [0, 0.1) is 20.8 Å². The highest BCUT2D eigenvalue weighted by molar-refractivity contribution is 7.20. The molecule has 1 amide bonds. The molecule has 1 unspecified atom stereocenters. The first kappa shape index (κ1) is 25.3. The number of anilines is 1. The van der Waals surface area contributed by atoms with Gasteiger partial charge in [0.1, 0.15) is 15.7 Å². The van der Waals surface area contributed by atoms with E-state index >= 15 is 0 Å². The summed E-state index contributed by atoms with van der Waals surface area (Å²) >= 11 is 1.14. The zero-order valence-corrected chi connectivity index (χ0v) is 21.6. The number of thiophene rings is 1. The first-order chi connectivity index (χ1) is 17.3. The molecule has 2 aromatic carbocycles. The van der Waals surface area contributed by atoms with Crippen LogP contribution in [0.4, 0.5) is 5.69 Å². The fourth-order valence-corrected chi connectivity index (χ4v) is 5.34. The van der Waals surface area contributed by atoms with Crippen molar-refractivity contribution < 1.29 is 14.3 Å². The molecule has 0 spiro atoms. The molecule has 4 aromatic rings. The van der Waals surface area contributed by atoms with E-state index in [2.05, 4.69) is 10.3 Å². The quantitative estimate of drug-likeness (QED) is 0.326. The van der Waals surface area contributed by atoms with Crippen LogP contribution in [0.1, 0.15) is 51.3 Å². The molecular formula is C28H29N3O4S. The Balaban J connectivity index is 1.56. The van der Waals surface area contributed by atoms with Gasteiger partial charge in [0.05, 0.1) is 18.3 Å². The lowest BCUT2D eigenvalue weighted by Gasteiger charge is -2.18. The van der Waals surface area contributed by atoms with Crippen molar-refractivity contribution in [3.63, 3.8) is 0 Å². The molecule has 4 rings (SSSR count). The Morgan fingerprint density at radius 3 is 2.44 bits per heavy atom. The number of carbonyl (C=O) groups excluding carboxylic acids is 2. The minimum atomic E-state index is -0.740. The van der Waals surface area contributed by atoms with Crippen LogP contribution in [0.25, 0.3) is 10.2 Å². The normalized spacial score (nSPS) is 11.9. The summed E-state index contributed by atoms with van der Waals surface area (Å²) in [5.74, 6) is -0.767. The molecular weight excluding hydrogens is 474 g/mol. The monoisotopic (exact) mass is 503 g/mol. The molecule has 1 atom stereocenters. The number of aryl methyl sites for hydroxylation is 3. The summed E-state index contributed by atoms with van der Waals surface area (Å²) in [6, 6.07) is 14.8. The SMILES string of the molecule is CCC(C(=O)Nc1cc(C)cc(C)c1)n1cnc2sc(C(=O)OCCc3ccccc3)c(C)c2c1=O. The number of nitrogens with one attached hydrogen (secondary N) is 1. The van der Waals surface area contributed by atoms with E-state index in [4.69, 9.17) is 4.74 Å². The molecule has 0 fully saturated rings. The molecule has 0 bridgehead atoms. The third kappa shape index (κ3) is 5.39. The second-order valence-electron chi connectivity index (χ2n) is 8.85. The number of carbonyl (C=O) groups is 2. The van der Waals surface area contributed by atoms with Gasteiger partial charge in [-0.3, -0.25) is 14.2 Å². The Morgan fingerprint density at radius 1 is 1.08 bits per heavy atom. The van der Waals surface area contributed by atoms with Crippen LogP contribution >= 0.6 is 11.3 Å². The van der Waals surface area contributed by atoms with Crippen molar-refractivity contribution in [2.75, 3.05) is 11.9 Å². The van der Waals surface area contributed by atoms with Gasteiger partial charge in [-0.25, -0.2) is 9.78 Å². The average Bonchev–Trinajstić information content (AvgIpc) is 3.18. The molecule has 0 saturated heterocycles. The highest BCUT2D eigenvalue weighted by Gasteiger charge is 2.25. The lowest BCUT2D eigenvalue weighted by atomic mass is 10.1. The molecule has 0 radical (unpaired) electrons. The number of esters is 1. The zero-order valence-electron chi connectivity index (χ0n) is 20.8. The second kappa shape index (κ2) is 10.9. The maximum Gasteiger partial charge on any atom is 0.348 e. The molecule has 2 aromatic heterocycles. The number of benzene rings is 2. The van der Waals surface area contributed by atoms with E-state index in [0.29, 0.717) is 39.2 Å². The van der Waals surface area contributed by atoms with Gasteiger partial charge >= 0.3 is 5.97 Å². The van der Waals surface area contributed by atoms with E-state index in [1.807, 2.05) is 69.3 Å². The molecule has 7 nitrogen and oxygen atoms in total. The Labute approximate surface area is 213 Å². The number of aromatic nitrogens is 2. The van der Waals surface area contributed by atoms with Crippen molar-refractivity contribution >= 4 is 39.1 Å². The van der Waals surface area contributed by atoms with Gasteiger partial charge in [0, 0.05) is 12.1 Å². The smallest absolute Gasteiger partial charge is 0.348 e. The number of nitrogens with zero attached hydrogens (tertiary/aromatic N) is 2. The van der Waals surface area contributed by atoms with E-state index in [-0.39, 0.29) is 18.1 Å². The van der Waals surface area contributed by atoms with Gasteiger partial charge in [0.25, 0.3) is 5.56 Å². The van der Waals surface area contributed by atoms with Gasteiger partial charge in [0.2, 0.25) is 5.91 Å². The summed E-state index contributed by atoms with van der Waals surface area (Å²) in [6.07, 6.45) is 2.40. The third-order valence-electron chi connectivity index (χ3n) is 6.04. The number of amides is 1. The maximum atomic E-state index is 13.4. The fourth-order valence-electron chi connectivity index (χ4n) is 4.31. The van der Waals surface area contributed by atoms with E-state index in [1.54, 1.807) is 6.92 Å². The second-order valence-corrected chi connectivity index (χ2v) is 9.85. The molecule has 2 heterocycles. The van der Waals surface area contributed by atoms with Crippen LogP contribution in [0.5, 0.6) is 0 Å². The predicted molar refractivity (Wildman–Crippen MR) is 143 cm³/mol. The molecule has 0 saturated carbocycles. The molecule has 186 valence electrons. The Morgan fingerprint density at radius 2 is 1.78 bits per heavy atom. The summed E-state index contributed by atoms with van der Waals surface area (Å²) < 4.78 is 6.83. The highest BCUT2D eigenvalue weighted by Crippen LogP contribution is 2.28. The van der Waals surface area contributed by atoms with E-state index in [9.17, 15) is 14.4 Å². The largest absolute Gasteiger partial charge is 0.461 e. The van der Waals surface area contributed by atoms with Crippen LogP contribution in [0.3, 0.4) is 0 Å². The van der Waals surface area contributed by atoms with Crippen LogP contribution in [-0.4, -0.2) is 28.0 Å². The van der Waals surface area contributed by atoms with Crippen molar-refractivity contribution in [1.82, 2.24) is 9.55 Å². The van der Waals surface area contributed by atoms with E-state index < -0.39 is 12.0 Å². The number of hydrogen-bond acceptors (Lipinski definition) is 6. The first-order valence-corrected chi connectivity index (χ1v) is 12.7. The number of fused-ring (bicyclic) bond motifs is 1. The van der Waals surface area contributed by atoms with Gasteiger partial charge in [-0.1, -0.05) is 43.3 Å². The van der Waals surface area contributed by atoms with Crippen molar-refractivity contribution in [3.8, 4) is 0 Å². The average molecular weight is 504 g/mol. The lowest BCUT2D eigenvalue weighted by Crippen LogP contribution is -2.33. The van der Waals surface area contributed by atoms with Crippen LogP contribution < -0.4 is 10.9 Å². The summed E-state index contributed by atoms with van der Waals surface area (Å²) in [5.41, 5.74) is 4.01.